The molecule has 0 radical (unpaired) electrons. The molecule has 2 rings (SSSR count). The van der Waals surface area contributed by atoms with E-state index in [-0.39, 0.29) is 0 Å². The standard InChI is InChI=1S/C8H8O2S/c1-6-2-3-7-5-10-11(9)8(7)4-6/h2-4H,5H2,1H3. The summed E-state index contributed by atoms with van der Waals surface area (Å²) in [5, 5.41) is 0. The zero-order chi connectivity index (χ0) is 7.84. The minimum Gasteiger partial charge on any atom is -0.282 e. The van der Waals surface area contributed by atoms with Gasteiger partial charge in [-0.1, -0.05) is 12.1 Å². The van der Waals surface area contributed by atoms with E-state index >= 15 is 0 Å². The van der Waals surface area contributed by atoms with E-state index < -0.39 is 11.1 Å². The molecule has 2 nitrogen and oxygen atoms in total. The molecule has 1 unspecified atom stereocenters. The molecule has 1 heterocycles. The topological polar surface area (TPSA) is 26.3 Å². The van der Waals surface area contributed by atoms with Crippen molar-refractivity contribution in [2.75, 3.05) is 0 Å². The van der Waals surface area contributed by atoms with Crippen LogP contribution in [0.3, 0.4) is 0 Å². The minimum atomic E-state index is -1.21. The lowest BCUT2D eigenvalue weighted by molar-refractivity contribution is 0.355. The first kappa shape index (κ1) is 7.00. The maximum atomic E-state index is 11.1. The van der Waals surface area contributed by atoms with E-state index in [9.17, 15) is 4.21 Å². The van der Waals surface area contributed by atoms with Crippen molar-refractivity contribution in [3.63, 3.8) is 0 Å². The Morgan fingerprint density at radius 3 is 3.18 bits per heavy atom. The first-order valence-corrected chi connectivity index (χ1v) is 4.49. The van der Waals surface area contributed by atoms with Gasteiger partial charge in [0.25, 0.3) is 0 Å². The van der Waals surface area contributed by atoms with Crippen LogP contribution in [0.5, 0.6) is 0 Å². The van der Waals surface area contributed by atoms with Crippen molar-refractivity contribution >= 4 is 11.1 Å². The molecule has 0 bridgehead atoms. The van der Waals surface area contributed by atoms with Crippen molar-refractivity contribution < 1.29 is 8.39 Å². The summed E-state index contributed by atoms with van der Waals surface area (Å²) >= 11 is -1.21. The molecule has 0 saturated carbocycles. The van der Waals surface area contributed by atoms with Crippen LogP contribution in [0.15, 0.2) is 23.1 Å². The van der Waals surface area contributed by atoms with Gasteiger partial charge in [0.1, 0.15) is 0 Å². The normalized spacial score (nSPS) is 21.7. The number of aryl methyl sites for hydroxylation is 1. The Labute approximate surface area is 67.9 Å². The first-order valence-electron chi connectivity index (χ1n) is 3.42. The Hall–Kier alpha value is -0.670. The van der Waals surface area contributed by atoms with E-state index in [0.717, 1.165) is 16.0 Å². The van der Waals surface area contributed by atoms with Gasteiger partial charge in [-0.2, -0.15) is 0 Å². The summed E-state index contributed by atoms with van der Waals surface area (Å²) in [5.74, 6) is 0. The third-order valence-electron chi connectivity index (χ3n) is 1.72. The Morgan fingerprint density at radius 1 is 1.55 bits per heavy atom. The molecular formula is C8H8O2S. The van der Waals surface area contributed by atoms with Crippen LogP contribution in [0.1, 0.15) is 11.1 Å². The molecule has 0 aromatic heterocycles. The van der Waals surface area contributed by atoms with Crippen LogP contribution in [0.25, 0.3) is 0 Å². The van der Waals surface area contributed by atoms with Crippen LogP contribution in [0, 0.1) is 6.92 Å². The Kier molecular flexibility index (Phi) is 1.55. The number of rotatable bonds is 0. The number of benzene rings is 1. The highest BCUT2D eigenvalue weighted by Gasteiger charge is 2.18. The van der Waals surface area contributed by atoms with Crippen molar-refractivity contribution in [1.29, 1.82) is 0 Å². The lowest BCUT2D eigenvalue weighted by Gasteiger charge is -1.94. The van der Waals surface area contributed by atoms with Crippen molar-refractivity contribution in [3.8, 4) is 0 Å². The summed E-state index contributed by atoms with van der Waals surface area (Å²) in [6, 6.07) is 5.89. The zero-order valence-electron chi connectivity index (χ0n) is 6.16. The zero-order valence-corrected chi connectivity index (χ0v) is 6.98. The summed E-state index contributed by atoms with van der Waals surface area (Å²) in [6.07, 6.45) is 0. The van der Waals surface area contributed by atoms with Crippen LogP contribution >= 0.6 is 0 Å². The van der Waals surface area contributed by atoms with Gasteiger partial charge >= 0.3 is 0 Å². The third kappa shape index (κ3) is 1.10. The highest BCUT2D eigenvalue weighted by molar-refractivity contribution is 7.80. The molecule has 0 spiro atoms. The summed E-state index contributed by atoms with van der Waals surface area (Å²) in [5.41, 5.74) is 2.18. The SMILES string of the molecule is Cc1ccc2c(c1)S(=O)OC2. The van der Waals surface area contributed by atoms with Crippen LogP contribution in [-0.4, -0.2) is 4.21 Å². The van der Waals surface area contributed by atoms with Gasteiger partial charge in [0, 0.05) is 0 Å². The largest absolute Gasteiger partial charge is 0.282 e. The predicted octanol–water partition coefficient (Wildman–Crippen LogP) is 1.55. The first-order chi connectivity index (χ1) is 5.27. The molecule has 1 aliphatic heterocycles. The molecule has 1 aliphatic rings. The van der Waals surface area contributed by atoms with Crippen LogP contribution in [-0.2, 0) is 21.9 Å². The number of fused-ring (bicyclic) bond motifs is 1. The molecule has 0 fully saturated rings. The highest BCUT2D eigenvalue weighted by Crippen LogP contribution is 2.24. The second-order valence-electron chi connectivity index (χ2n) is 2.61. The van der Waals surface area contributed by atoms with Gasteiger partial charge in [-0.15, -0.1) is 0 Å². The summed E-state index contributed by atoms with van der Waals surface area (Å²) in [6.45, 7) is 2.47. The highest BCUT2D eigenvalue weighted by atomic mass is 32.2. The van der Waals surface area contributed by atoms with E-state index in [1.165, 1.54) is 0 Å². The van der Waals surface area contributed by atoms with Crippen molar-refractivity contribution in [2.45, 2.75) is 18.4 Å². The minimum absolute atomic E-state index is 0.488. The Bertz CT molecular complexity index is 320. The fourth-order valence-corrected chi connectivity index (χ4v) is 2.10. The van der Waals surface area contributed by atoms with Crippen LogP contribution in [0.4, 0.5) is 0 Å². The Balaban J connectivity index is 2.60. The maximum Gasteiger partial charge on any atom is 0.189 e. The Morgan fingerprint density at radius 2 is 2.36 bits per heavy atom. The monoisotopic (exact) mass is 168 g/mol. The van der Waals surface area contributed by atoms with E-state index in [4.69, 9.17) is 4.18 Å². The second-order valence-corrected chi connectivity index (χ2v) is 3.75. The summed E-state index contributed by atoms with van der Waals surface area (Å²) in [4.78, 5) is 0.838. The van der Waals surface area contributed by atoms with Gasteiger partial charge in [0.2, 0.25) is 0 Å². The van der Waals surface area contributed by atoms with Crippen LogP contribution < -0.4 is 0 Å². The second kappa shape index (κ2) is 2.43. The van der Waals surface area contributed by atoms with Gasteiger partial charge in [-0.05, 0) is 24.1 Å². The fraction of sp³-hybridized carbons (Fsp3) is 0.250. The van der Waals surface area contributed by atoms with Crippen molar-refractivity contribution in [2.24, 2.45) is 0 Å². The molecule has 0 amide bonds. The van der Waals surface area contributed by atoms with Gasteiger partial charge < -0.3 is 0 Å². The average Bonchev–Trinajstić information content (AvgIpc) is 2.33. The quantitative estimate of drug-likeness (QED) is 0.587. The van der Waals surface area contributed by atoms with Crippen LogP contribution in [0.2, 0.25) is 0 Å². The maximum absolute atomic E-state index is 11.1. The molecule has 0 saturated heterocycles. The molecule has 1 atom stereocenters. The lowest BCUT2D eigenvalue weighted by atomic mass is 10.2. The number of hydrogen-bond donors (Lipinski definition) is 0. The molecule has 0 N–H and O–H groups in total. The van der Waals surface area contributed by atoms with Gasteiger partial charge in [-0.3, -0.25) is 4.18 Å². The molecule has 1 aromatic carbocycles. The summed E-state index contributed by atoms with van der Waals surface area (Å²) < 4.78 is 16.1. The van der Waals surface area contributed by atoms with Gasteiger partial charge in [-0.25, -0.2) is 4.21 Å². The third-order valence-corrected chi connectivity index (χ3v) is 2.79. The average molecular weight is 168 g/mol. The smallest absolute Gasteiger partial charge is 0.189 e. The van der Waals surface area contributed by atoms with Gasteiger partial charge in [0.05, 0.1) is 11.5 Å². The molecule has 1 aromatic rings. The van der Waals surface area contributed by atoms with Crippen molar-refractivity contribution in [3.05, 3.63) is 29.3 Å². The van der Waals surface area contributed by atoms with Gasteiger partial charge in [0.15, 0.2) is 11.1 Å². The lowest BCUT2D eigenvalue weighted by Crippen LogP contribution is -1.85. The molecule has 0 aliphatic carbocycles. The molecular weight excluding hydrogens is 160 g/mol. The summed E-state index contributed by atoms with van der Waals surface area (Å²) in [7, 11) is 0. The molecule has 11 heavy (non-hydrogen) atoms. The molecule has 58 valence electrons. The van der Waals surface area contributed by atoms with Crippen molar-refractivity contribution in [1.82, 2.24) is 0 Å². The van der Waals surface area contributed by atoms with E-state index in [2.05, 4.69) is 0 Å². The van der Waals surface area contributed by atoms with E-state index in [1.807, 2.05) is 25.1 Å². The van der Waals surface area contributed by atoms with E-state index in [0.29, 0.717) is 6.61 Å². The van der Waals surface area contributed by atoms with E-state index in [1.54, 1.807) is 0 Å². The molecule has 3 heteroatoms. The fourth-order valence-electron chi connectivity index (χ4n) is 1.12. The number of hydrogen-bond acceptors (Lipinski definition) is 2. The predicted molar refractivity (Wildman–Crippen MR) is 42.4 cm³/mol.